The molecule has 0 radical (unpaired) electrons. The summed E-state index contributed by atoms with van der Waals surface area (Å²) in [5.74, 6) is -10.1. The lowest BCUT2D eigenvalue weighted by atomic mass is 9.91. The van der Waals surface area contributed by atoms with Gasteiger partial charge in [0.1, 0.15) is 66.5 Å². The van der Waals surface area contributed by atoms with Crippen molar-refractivity contribution in [2.24, 2.45) is 41.4 Å². The number of amides is 11. The third-order valence-corrected chi connectivity index (χ3v) is 19.4. The second kappa shape index (κ2) is 40.9. The van der Waals surface area contributed by atoms with Crippen molar-refractivity contribution in [1.82, 2.24) is 55.6 Å². The summed E-state index contributed by atoms with van der Waals surface area (Å²) in [5, 5.41) is 44.9. The number of allylic oxidation sites excluding steroid dienone is 2. The van der Waals surface area contributed by atoms with E-state index in [-0.39, 0.29) is 74.6 Å². The van der Waals surface area contributed by atoms with Gasteiger partial charge in [0.05, 0.1) is 11.7 Å². The van der Waals surface area contributed by atoms with Gasteiger partial charge in [-0.1, -0.05) is 109 Å². The monoisotopic (exact) mass is 1380 g/mol. The van der Waals surface area contributed by atoms with Gasteiger partial charge < -0.3 is 70.9 Å². The number of nitrogens with one attached hydrogen (secondary N) is 4. The van der Waals surface area contributed by atoms with Crippen LogP contribution in [0.3, 0.4) is 0 Å². The van der Waals surface area contributed by atoms with Crippen molar-refractivity contribution in [1.29, 1.82) is 0 Å². The fourth-order valence-electron chi connectivity index (χ4n) is 12.2. The molecule has 0 aromatic heterocycles. The van der Waals surface area contributed by atoms with Crippen LogP contribution in [0.2, 0.25) is 0 Å². The molecule has 7 N–H and O–H groups in total. The Labute approximate surface area is 579 Å². The Morgan fingerprint density at radius 3 is 1.43 bits per heavy atom. The number of thioether (sulfide) groups is 1. The van der Waals surface area contributed by atoms with E-state index in [1.54, 1.807) is 60.6 Å². The molecule has 11 amide bonds. The second-order valence-corrected chi connectivity index (χ2v) is 30.5. The van der Waals surface area contributed by atoms with Crippen LogP contribution in [0.1, 0.15) is 182 Å². The highest BCUT2D eigenvalue weighted by molar-refractivity contribution is 7.99. The molecule has 26 heteroatoms. The first kappa shape index (κ1) is 88.2. The molecule has 96 heavy (non-hydrogen) atoms. The van der Waals surface area contributed by atoms with Gasteiger partial charge in [0, 0.05) is 68.1 Å². The Bertz CT molecular complexity index is 2600. The molecule has 552 valence electrons. The van der Waals surface area contributed by atoms with E-state index in [9.17, 15) is 34.5 Å². The zero-order valence-corrected chi connectivity index (χ0v) is 63.8. The van der Waals surface area contributed by atoms with Crippen molar-refractivity contribution >= 4 is 76.7 Å². The lowest BCUT2D eigenvalue weighted by Crippen LogP contribution is -2.64. The number of hydrogen-bond acceptors (Lipinski definition) is 15. The van der Waals surface area contributed by atoms with E-state index in [1.807, 2.05) is 48.5 Å². The standard InChI is InChI=1S/C70H127N11O14S/c1-26-29-31-45(14)58(83)57-62(87)73-49(28-3)64(89)79(23)54(39-96-33-32-48(38-82)30-27-2)67(92)78(22)53(37-70(17,18)95)61(86)74-55(43(10)11)68(93)75(19)50(34-40(4)5)60(85)71-46(15)59(84)72-47(16)63(88)76(20)51(35-41(6)7)65(90)77(21)52(36-42(8)9)66(91)80(24)56(44(12)13)69(94)81(57)25/h26,29,40-58,82-83,95H,27-28,30-39H2,1-25H3,(H,71,85)(H,72,84)(H,73,87)(H,74,86)/b29-26+/t45-,46+,47-,48-,49+,50+,51+,52+,53+,54-,55+,56+,57+,58-/m1/s1. The molecule has 0 aromatic carbocycles. The van der Waals surface area contributed by atoms with Crippen molar-refractivity contribution in [3.8, 4) is 0 Å². The average Bonchev–Trinajstić information content (AvgIpc) is 0.810. The molecule has 0 spiro atoms. The Kier molecular flexibility index (Phi) is 37.5. The maximum absolute atomic E-state index is 15.4. The largest absolute Gasteiger partial charge is 0.396 e. The van der Waals surface area contributed by atoms with Crippen LogP contribution < -0.4 is 21.3 Å². The zero-order chi connectivity index (χ0) is 74.3. The Morgan fingerprint density at radius 2 is 0.958 bits per heavy atom. The summed E-state index contributed by atoms with van der Waals surface area (Å²) in [7, 11) is 9.81. The molecular weight excluding hydrogens is 1250 g/mol. The summed E-state index contributed by atoms with van der Waals surface area (Å²) in [6, 6.07) is -14.6. The SMILES string of the molecule is C/C=C/C[C@@H](C)[C@@H](O)[C@H]1C(=O)N[C@@H](CC)C(=O)N(C)[C@H](CSCC[C@H](CO)CCC)C(=O)N(C)[C@@H](CC(C)(C)O)C(=O)N[C@@H](C(C)C)C(=O)N(C)[C@@H](CC(C)C)C(=O)N[C@@H](C)C(=O)N[C@H](C)C(=O)N(C)[C@@H](CC(C)C)C(=O)N(C)[C@@H](CC(C)C)C(=O)N(C)[C@@H](C(C)C)C(=O)N1C. The molecule has 1 rings (SSSR count). The first-order valence-corrected chi connectivity index (χ1v) is 35.8. The molecule has 25 nitrogen and oxygen atoms in total. The molecule has 1 fully saturated rings. The van der Waals surface area contributed by atoms with E-state index in [0.717, 1.165) is 22.6 Å². The third-order valence-electron chi connectivity index (χ3n) is 18.3. The van der Waals surface area contributed by atoms with Gasteiger partial charge in [0.25, 0.3) is 0 Å². The molecule has 1 aliphatic heterocycles. The smallest absolute Gasteiger partial charge is 0.246 e. The molecule has 0 saturated carbocycles. The lowest BCUT2D eigenvalue weighted by molar-refractivity contribution is -0.157. The highest BCUT2D eigenvalue weighted by atomic mass is 32.2. The van der Waals surface area contributed by atoms with E-state index in [0.29, 0.717) is 12.2 Å². The van der Waals surface area contributed by atoms with Crippen LogP contribution in [0.5, 0.6) is 0 Å². The molecule has 0 aromatic rings. The van der Waals surface area contributed by atoms with Gasteiger partial charge in [-0.15, -0.1) is 0 Å². The summed E-state index contributed by atoms with van der Waals surface area (Å²) in [6.07, 6.45) is 4.42. The Morgan fingerprint density at radius 1 is 0.510 bits per heavy atom. The van der Waals surface area contributed by atoms with E-state index in [1.165, 1.54) is 113 Å². The van der Waals surface area contributed by atoms with Crippen LogP contribution in [0.25, 0.3) is 0 Å². The molecule has 1 aliphatic rings. The van der Waals surface area contributed by atoms with Crippen LogP contribution in [-0.2, 0) is 52.7 Å². The van der Waals surface area contributed by atoms with Gasteiger partial charge in [-0.3, -0.25) is 52.7 Å². The van der Waals surface area contributed by atoms with E-state index >= 15 is 33.6 Å². The summed E-state index contributed by atoms with van der Waals surface area (Å²) < 4.78 is 0. The van der Waals surface area contributed by atoms with E-state index < -0.39 is 161 Å². The number of rotatable bonds is 23. The number of carbonyl (C=O) groups excluding carboxylic acids is 11. The van der Waals surface area contributed by atoms with Crippen molar-refractivity contribution < 1.29 is 68.1 Å². The van der Waals surface area contributed by atoms with Crippen LogP contribution >= 0.6 is 11.8 Å². The van der Waals surface area contributed by atoms with Gasteiger partial charge in [-0.2, -0.15) is 11.8 Å². The van der Waals surface area contributed by atoms with Crippen LogP contribution in [0, 0.1) is 41.4 Å². The minimum absolute atomic E-state index is 0.0326. The highest BCUT2D eigenvalue weighted by Crippen LogP contribution is 2.27. The number of aliphatic hydroxyl groups excluding tert-OH is 2. The maximum Gasteiger partial charge on any atom is 0.246 e. The van der Waals surface area contributed by atoms with Gasteiger partial charge in [-0.25, -0.2) is 0 Å². The lowest BCUT2D eigenvalue weighted by Gasteiger charge is -2.41. The first-order valence-electron chi connectivity index (χ1n) is 34.7. The fourth-order valence-corrected chi connectivity index (χ4v) is 13.4. The predicted octanol–water partition coefficient (Wildman–Crippen LogP) is 4.28. The molecule has 1 saturated heterocycles. The van der Waals surface area contributed by atoms with E-state index in [4.69, 9.17) is 0 Å². The molecule has 1 heterocycles. The van der Waals surface area contributed by atoms with Gasteiger partial charge >= 0.3 is 0 Å². The Balaban J connectivity index is 4.60. The van der Waals surface area contributed by atoms with Crippen molar-refractivity contribution in [2.45, 2.75) is 261 Å². The molecule has 0 unspecified atom stereocenters. The zero-order valence-electron chi connectivity index (χ0n) is 63.0. The van der Waals surface area contributed by atoms with E-state index in [2.05, 4.69) is 21.3 Å². The van der Waals surface area contributed by atoms with Crippen molar-refractivity contribution in [3.63, 3.8) is 0 Å². The van der Waals surface area contributed by atoms with Crippen molar-refractivity contribution in [3.05, 3.63) is 12.2 Å². The van der Waals surface area contributed by atoms with Crippen LogP contribution in [-0.4, -0.2) is 260 Å². The highest BCUT2D eigenvalue weighted by Gasteiger charge is 2.47. The van der Waals surface area contributed by atoms with Crippen molar-refractivity contribution in [2.75, 3.05) is 67.4 Å². The van der Waals surface area contributed by atoms with Gasteiger partial charge in [0.2, 0.25) is 65.0 Å². The minimum atomic E-state index is -1.67. The van der Waals surface area contributed by atoms with Gasteiger partial charge in [0.15, 0.2) is 0 Å². The molecular formula is C70H127N11O14S. The van der Waals surface area contributed by atoms with Crippen LogP contribution in [0.4, 0.5) is 0 Å². The number of nitrogens with zero attached hydrogens (tertiary/aromatic N) is 7. The number of hydrogen-bond donors (Lipinski definition) is 7. The summed E-state index contributed by atoms with van der Waals surface area (Å²) >= 11 is 1.33. The fraction of sp³-hybridized carbons (Fsp3) is 0.814. The quantitative estimate of drug-likeness (QED) is 0.0555. The molecule has 0 aliphatic carbocycles. The summed E-state index contributed by atoms with van der Waals surface area (Å²) in [4.78, 5) is 173. The second-order valence-electron chi connectivity index (χ2n) is 29.4. The average molecular weight is 1380 g/mol. The topological polar surface area (TPSA) is 319 Å². The number of aliphatic hydroxyl groups is 3. The predicted molar refractivity (Wildman–Crippen MR) is 376 cm³/mol. The summed E-state index contributed by atoms with van der Waals surface area (Å²) in [6.45, 7) is 30.8. The number of likely N-dealkylation sites (N-methyl/N-ethyl adjacent to an activating group) is 7. The van der Waals surface area contributed by atoms with Gasteiger partial charge in [-0.05, 0) is 127 Å². The normalized spacial score (nSPS) is 26.4. The van der Waals surface area contributed by atoms with Crippen LogP contribution in [0.15, 0.2) is 12.2 Å². The number of carbonyl (C=O) groups is 11. The minimum Gasteiger partial charge on any atom is -0.396 e. The summed E-state index contributed by atoms with van der Waals surface area (Å²) in [5.41, 5.74) is -1.60. The third kappa shape index (κ3) is 25.8. The first-order chi connectivity index (χ1) is 44.4. The maximum atomic E-state index is 15.4. The molecule has 0 bridgehead atoms. The Hall–Kier alpha value is -5.86. The molecule has 14 atom stereocenters.